The minimum absolute atomic E-state index is 0.0413. The van der Waals surface area contributed by atoms with E-state index in [4.69, 9.17) is 17.0 Å². The van der Waals surface area contributed by atoms with Gasteiger partial charge in [0.25, 0.3) is 0 Å². The van der Waals surface area contributed by atoms with Crippen LogP contribution in [0.5, 0.6) is 11.5 Å². The minimum atomic E-state index is -4.74. The van der Waals surface area contributed by atoms with E-state index in [9.17, 15) is 18.0 Å². The summed E-state index contributed by atoms with van der Waals surface area (Å²) in [6.45, 7) is 0.724. The number of Topliss-reactive ketones (excluding diaryl/α,β-unsaturated/α-hetero) is 1. The molecule has 0 aliphatic carbocycles. The molecule has 1 aliphatic heterocycles. The van der Waals surface area contributed by atoms with E-state index < -0.39 is 6.36 Å². The molecule has 0 radical (unpaired) electrons. The Kier molecular flexibility index (Phi) is 7.82. The third kappa shape index (κ3) is 6.56. The summed E-state index contributed by atoms with van der Waals surface area (Å²) in [5.41, 5.74) is 0.692. The van der Waals surface area contributed by atoms with Gasteiger partial charge in [0.15, 0.2) is 11.6 Å². The van der Waals surface area contributed by atoms with Crippen LogP contribution in [0.4, 0.5) is 19.0 Å². The van der Waals surface area contributed by atoms with Crippen LogP contribution >= 0.6 is 12.2 Å². The van der Waals surface area contributed by atoms with Gasteiger partial charge in [-0.05, 0) is 42.7 Å². The number of thiocarbonyl (C=S) groups is 1. The molecular formula is C24H24F3N5O3S. The number of pyridine rings is 1. The number of ether oxygens (including phenoxy) is 2. The van der Waals surface area contributed by atoms with E-state index in [1.54, 1.807) is 6.20 Å². The maximum Gasteiger partial charge on any atom is 0.573 e. The normalized spacial score (nSPS) is 15.7. The summed E-state index contributed by atoms with van der Waals surface area (Å²) in [5, 5.41) is 4.20. The highest BCUT2D eigenvalue weighted by Crippen LogP contribution is 2.31. The molecule has 2 aromatic heterocycles. The lowest BCUT2D eigenvalue weighted by Gasteiger charge is -2.21. The van der Waals surface area contributed by atoms with E-state index in [1.807, 2.05) is 24.1 Å². The van der Waals surface area contributed by atoms with Gasteiger partial charge < -0.3 is 14.4 Å². The molecular weight excluding hydrogens is 495 g/mol. The predicted octanol–water partition coefficient (Wildman–Crippen LogP) is 4.84. The van der Waals surface area contributed by atoms with Crippen molar-refractivity contribution in [2.75, 3.05) is 18.6 Å². The molecule has 3 aromatic rings. The number of halogens is 3. The van der Waals surface area contributed by atoms with Crippen LogP contribution in [-0.2, 0) is 6.54 Å². The molecule has 8 nitrogen and oxygen atoms in total. The maximum absolute atomic E-state index is 12.5. The number of carbonyl (C=O) groups is 1. The lowest BCUT2D eigenvalue weighted by Crippen LogP contribution is -2.32. The highest BCUT2D eigenvalue weighted by atomic mass is 32.1. The molecule has 0 saturated heterocycles. The Hall–Kier alpha value is -3.54. The van der Waals surface area contributed by atoms with E-state index >= 15 is 0 Å². The number of anilines is 1. The van der Waals surface area contributed by atoms with E-state index in [0.29, 0.717) is 36.6 Å². The Bertz CT molecular complexity index is 1220. The number of carbonyl (C=O) groups excluding carboxylic acids is 1. The van der Waals surface area contributed by atoms with Gasteiger partial charge in [0.1, 0.15) is 12.1 Å². The first-order valence-corrected chi connectivity index (χ1v) is 11.7. The van der Waals surface area contributed by atoms with Crippen molar-refractivity contribution in [2.45, 2.75) is 38.6 Å². The number of fused-ring (bicyclic) bond motifs is 1. The number of alkyl halides is 3. The number of unbranched alkanes of at least 4 members (excludes halogenated alkanes) is 1. The molecule has 0 saturated carbocycles. The number of hydrogen-bond donors (Lipinski definition) is 0. The monoisotopic (exact) mass is 519 g/mol. The molecule has 190 valence electrons. The largest absolute Gasteiger partial charge is 0.573 e. The van der Waals surface area contributed by atoms with Gasteiger partial charge in [-0.3, -0.25) is 4.79 Å². The molecule has 0 amide bonds. The van der Waals surface area contributed by atoms with Crippen LogP contribution in [-0.4, -0.2) is 50.5 Å². The van der Waals surface area contributed by atoms with Gasteiger partial charge in [0.2, 0.25) is 11.6 Å². The van der Waals surface area contributed by atoms with Crippen molar-refractivity contribution in [3.63, 3.8) is 0 Å². The number of ketones is 1. The topological polar surface area (TPSA) is 82.4 Å². The van der Waals surface area contributed by atoms with Gasteiger partial charge in [0, 0.05) is 25.6 Å². The van der Waals surface area contributed by atoms with Gasteiger partial charge in [0.05, 0.1) is 18.1 Å². The Morgan fingerprint density at radius 1 is 1.19 bits per heavy atom. The number of benzene rings is 1. The zero-order chi connectivity index (χ0) is 25.7. The Labute approximate surface area is 211 Å². The Morgan fingerprint density at radius 2 is 1.97 bits per heavy atom. The van der Waals surface area contributed by atoms with Crippen molar-refractivity contribution in [3.05, 3.63) is 60.3 Å². The van der Waals surface area contributed by atoms with Crippen molar-refractivity contribution >= 4 is 28.8 Å². The summed E-state index contributed by atoms with van der Waals surface area (Å²) < 4.78 is 48.1. The molecule has 0 N–H and O–H groups in total. The number of rotatable bonds is 9. The maximum atomic E-state index is 12.5. The third-order valence-electron chi connectivity index (χ3n) is 5.68. The van der Waals surface area contributed by atoms with Gasteiger partial charge in [-0.15, -0.1) is 18.3 Å². The van der Waals surface area contributed by atoms with Gasteiger partial charge in [-0.1, -0.05) is 30.8 Å². The lowest BCUT2D eigenvalue weighted by molar-refractivity contribution is -0.274. The summed E-state index contributed by atoms with van der Waals surface area (Å²) in [5.74, 6) is 1.08. The van der Waals surface area contributed by atoms with Gasteiger partial charge in [-0.25, -0.2) is 14.6 Å². The summed E-state index contributed by atoms with van der Waals surface area (Å²) in [6.07, 6.45) is 0.901. The molecule has 1 aliphatic rings. The second-order valence-corrected chi connectivity index (χ2v) is 8.78. The van der Waals surface area contributed by atoms with Crippen LogP contribution in [0.25, 0.3) is 0 Å². The molecule has 0 fully saturated rings. The van der Waals surface area contributed by atoms with Crippen molar-refractivity contribution in [2.24, 2.45) is 5.92 Å². The highest BCUT2D eigenvalue weighted by Gasteiger charge is 2.31. The molecule has 12 heteroatoms. The Balaban J connectivity index is 1.23. The average Bonchev–Trinajstić information content (AvgIpc) is 3.27. The van der Waals surface area contributed by atoms with Crippen LogP contribution in [0.3, 0.4) is 0 Å². The summed E-state index contributed by atoms with van der Waals surface area (Å²) >= 11 is 5.64. The number of nitrogens with zero attached hydrogens (tertiary/aromatic N) is 5. The fourth-order valence-corrected chi connectivity index (χ4v) is 4.14. The van der Waals surface area contributed by atoms with Crippen molar-refractivity contribution in [3.8, 4) is 11.5 Å². The first kappa shape index (κ1) is 25.5. The van der Waals surface area contributed by atoms with E-state index in [1.165, 1.54) is 35.3 Å². The first-order chi connectivity index (χ1) is 17.2. The molecule has 4 rings (SSSR count). The lowest BCUT2D eigenvalue weighted by atomic mass is 10.0. The molecule has 36 heavy (non-hydrogen) atoms. The van der Waals surface area contributed by atoms with Crippen LogP contribution in [0.1, 0.15) is 41.9 Å². The zero-order valence-corrected chi connectivity index (χ0v) is 20.3. The minimum Gasteiger partial charge on any atom is -0.489 e. The fraction of sp³-hybridized carbons (Fsp3) is 0.375. The predicted molar refractivity (Wildman–Crippen MR) is 129 cm³/mol. The summed E-state index contributed by atoms with van der Waals surface area (Å²) in [6, 6.07) is 9.13. The number of hydrogen-bond acceptors (Lipinski definition) is 7. The Morgan fingerprint density at radius 3 is 2.72 bits per heavy atom. The van der Waals surface area contributed by atoms with Crippen LogP contribution in [0.15, 0.2) is 48.9 Å². The van der Waals surface area contributed by atoms with Crippen molar-refractivity contribution in [1.82, 2.24) is 19.7 Å². The summed E-state index contributed by atoms with van der Waals surface area (Å²) in [7, 11) is 1.88. The standard InChI is InChI=1S/C24H24F3N5O3S/c1-31-22-20(7-4-12-28-22)34-14-17(23(31)36)5-2-3-6-19(33)21-29-15-32(30-21)13-16-8-10-18(11-9-16)35-24(25,26)27/h4,7-12,15,17H,2-3,5-6,13-14H2,1H3. The number of aromatic nitrogens is 4. The average molecular weight is 520 g/mol. The van der Waals surface area contributed by atoms with E-state index in [-0.39, 0.29) is 29.8 Å². The van der Waals surface area contributed by atoms with Gasteiger partial charge >= 0.3 is 6.36 Å². The second kappa shape index (κ2) is 11.0. The van der Waals surface area contributed by atoms with E-state index in [0.717, 1.165) is 17.8 Å². The first-order valence-electron chi connectivity index (χ1n) is 11.3. The quantitative estimate of drug-likeness (QED) is 0.226. The molecule has 1 atom stereocenters. The van der Waals surface area contributed by atoms with Crippen molar-refractivity contribution in [1.29, 1.82) is 0 Å². The molecule has 1 aromatic carbocycles. The smallest absolute Gasteiger partial charge is 0.489 e. The highest BCUT2D eigenvalue weighted by molar-refractivity contribution is 7.80. The SMILES string of the molecule is CN1C(=S)C(CCCCC(=O)c2ncn(Cc3ccc(OC(F)(F)F)cc3)n2)COc2cccnc21. The fourth-order valence-electron chi connectivity index (χ4n) is 3.86. The van der Waals surface area contributed by atoms with Gasteiger partial charge in [-0.2, -0.15) is 0 Å². The summed E-state index contributed by atoms with van der Waals surface area (Å²) in [4.78, 5) is 23.6. The molecule has 1 unspecified atom stereocenters. The third-order valence-corrected chi connectivity index (χ3v) is 6.29. The molecule has 0 spiro atoms. The van der Waals surface area contributed by atoms with Crippen molar-refractivity contribution < 1.29 is 27.4 Å². The second-order valence-electron chi connectivity index (χ2n) is 8.36. The van der Waals surface area contributed by atoms with E-state index in [2.05, 4.69) is 19.8 Å². The zero-order valence-electron chi connectivity index (χ0n) is 19.4. The van der Waals surface area contributed by atoms with Crippen LogP contribution in [0.2, 0.25) is 0 Å². The molecule has 0 bridgehead atoms. The van der Waals surface area contributed by atoms with Crippen LogP contribution < -0.4 is 14.4 Å². The van der Waals surface area contributed by atoms with Crippen LogP contribution in [0, 0.1) is 5.92 Å². The molecule has 3 heterocycles.